The largest absolute Gasteiger partial charge is 0.299 e. The lowest BCUT2D eigenvalue weighted by atomic mass is 10.3. The van der Waals surface area contributed by atoms with Gasteiger partial charge in [0.2, 0.25) is 0 Å². The van der Waals surface area contributed by atoms with Crippen LogP contribution in [0.4, 0.5) is 0 Å². The van der Waals surface area contributed by atoms with Crippen LogP contribution in [0.1, 0.15) is 19.8 Å². The van der Waals surface area contributed by atoms with Gasteiger partial charge in [-0.05, 0) is 36.8 Å². The zero-order valence-electron chi connectivity index (χ0n) is 16.1. The molecule has 0 aliphatic heterocycles. The summed E-state index contributed by atoms with van der Waals surface area (Å²) >= 11 is 12.5. The minimum absolute atomic E-state index is 0.130. The van der Waals surface area contributed by atoms with Gasteiger partial charge in [0.15, 0.2) is 11.3 Å². The van der Waals surface area contributed by atoms with Crippen molar-refractivity contribution in [3.8, 4) is 5.69 Å². The van der Waals surface area contributed by atoms with Crippen LogP contribution in [0.15, 0.2) is 53.6 Å². The Morgan fingerprint density at radius 2 is 1.67 bits per heavy atom. The number of hydrogen-bond acceptors (Lipinski definition) is 4. The molecular weight excluding hydrogens is 421 g/mol. The van der Waals surface area contributed by atoms with Crippen molar-refractivity contribution >= 4 is 56.4 Å². The molecule has 8 heteroatoms. The predicted octanol–water partition coefficient (Wildman–Crippen LogP) is 5.39. The highest BCUT2D eigenvalue weighted by Gasteiger charge is 2.21. The lowest BCUT2D eigenvalue weighted by molar-refractivity contribution is 0.608. The van der Waals surface area contributed by atoms with Gasteiger partial charge in [-0.25, -0.2) is 15.0 Å². The van der Waals surface area contributed by atoms with Crippen LogP contribution in [0.5, 0.6) is 0 Å². The molecule has 5 aromatic rings. The summed E-state index contributed by atoms with van der Waals surface area (Å²) in [5, 5.41) is 1.41. The second-order valence-corrected chi connectivity index (χ2v) is 8.02. The highest BCUT2D eigenvalue weighted by atomic mass is 35.5. The van der Waals surface area contributed by atoms with Gasteiger partial charge < -0.3 is 0 Å². The Hall–Kier alpha value is -2.96. The molecule has 0 aliphatic carbocycles. The maximum Gasteiger partial charge on any atom is 0.265 e. The number of halogens is 2. The van der Waals surface area contributed by atoms with Crippen LogP contribution in [-0.2, 0) is 6.54 Å². The molecule has 0 saturated heterocycles. The van der Waals surface area contributed by atoms with E-state index in [0.717, 1.165) is 23.9 Å². The van der Waals surface area contributed by atoms with Gasteiger partial charge in [-0.1, -0.05) is 48.7 Å². The summed E-state index contributed by atoms with van der Waals surface area (Å²) in [4.78, 5) is 27.6. The first-order valence-corrected chi connectivity index (χ1v) is 10.4. The van der Waals surface area contributed by atoms with Gasteiger partial charge in [0.05, 0.1) is 23.0 Å². The van der Waals surface area contributed by atoms with E-state index in [0.29, 0.717) is 44.5 Å². The van der Waals surface area contributed by atoms with Gasteiger partial charge in [-0.15, -0.1) is 0 Å². The van der Waals surface area contributed by atoms with E-state index >= 15 is 0 Å². The number of fused-ring (bicyclic) bond motifs is 4. The van der Waals surface area contributed by atoms with Crippen LogP contribution in [0.25, 0.3) is 38.9 Å². The molecule has 0 amide bonds. The van der Waals surface area contributed by atoms with Crippen molar-refractivity contribution in [2.75, 3.05) is 0 Å². The fraction of sp³-hybridized carbons (Fsp3) is 0.182. The number of para-hydroxylation sites is 2. The van der Waals surface area contributed by atoms with Crippen LogP contribution in [0.2, 0.25) is 10.0 Å². The number of rotatable bonds is 4. The van der Waals surface area contributed by atoms with Crippen LogP contribution in [0.3, 0.4) is 0 Å². The minimum atomic E-state index is -0.130. The van der Waals surface area contributed by atoms with E-state index in [2.05, 4.69) is 11.9 Å². The second-order valence-electron chi connectivity index (χ2n) is 7.14. The maximum atomic E-state index is 13.4. The minimum Gasteiger partial charge on any atom is -0.299 e. The molecule has 0 atom stereocenters. The van der Waals surface area contributed by atoms with Crippen LogP contribution >= 0.6 is 23.2 Å². The fourth-order valence-corrected chi connectivity index (χ4v) is 4.19. The van der Waals surface area contributed by atoms with Crippen LogP contribution in [-0.4, -0.2) is 24.1 Å². The first-order chi connectivity index (χ1) is 14.6. The summed E-state index contributed by atoms with van der Waals surface area (Å²) < 4.78 is 3.44. The third kappa shape index (κ3) is 3.04. The van der Waals surface area contributed by atoms with Gasteiger partial charge in [0.25, 0.3) is 5.56 Å². The van der Waals surface area contributed by atoms with Crippen molar-refractivity contribution in [2.45, 2.75) is 26.3 Å². The topological polar surface area (TPSA) is 65.6 Å². The van der Waals surface area contributed by atoms with Crippen molar-refractivity contribution < 1.29 is 0 Å². The molecule has 0 radical (unpaired) electrons. The molecule has 3 heterocycles. The molecule has 150 valence electrons. The molecule has 0 spiro atoms. The van der Waals surface area contributed by atoms with Gasteiger partial charge in [-0.2, -0.15) is 0 Å². The smallest absolute Gasteiger partial charge is 0.265 e. The average Bonchev–Trinajstić information content (AvgIpc) is 3.04. The summed E-state index contributed by atoms with van der Waals surface area (Å²) in [5.74, 6) is 0. The highest BCUT2D eigenvalue weighted by molar-refractivity contribution is 6.35. The zero-order chi connectivity index (χ0) is 20.8. The monoisotopic (exact) mass is 437 g/mol. The van der Waals surface area contributed by atoms with Crippen LogP contribution < -0.4 is 5.56 Å². The van der Waals surface area contributed by atoms with Gasteiger partial charge in [0, 0.05) is 16.6 Å². The Morgan fingerprint density at radius 3 is 2.37 bits per heavy atom. The SMILES string of the molecule is CCCCn1cnc2c(c1=O)c1nc3ccccc3nc1n2-c1cc(Cl)cc(Cl)c1. The number of unbranched alkanes of at least 4 members (excludes halogenated alkanes) is 1. The van der Waals surface area contributed by atoms with E-state index in [1.165, 1.54) is 0 Å². The zero-order valence-corrected chi connectivity index (χ0v) is 17.7. The number of aromatic nitrogens is 5. The van der Waals surface area contributed by atoms with Crippen molar-refractivity contribution in [1.82, 2.24) is 24.1 Å². The summed E-state index contributed by atoms with van der Waals surface area (Å²) in [5.41, 5.74) is 3.54. The Bertz CT molecular complexity index is 1470. The Kier molecular flexibility index (Phi) is 4.68. The molecule has 6 nitrogen and oxygen atoms in total. The lowest BCUT2D eigenvalue weighted by Gasteiger charge is -2.08. The third-order valence-electron chi connectivity index (χ3n) is 5.09. The first-order valence-electron chi connectivity index (χ1n) is 9.69. The molecule has 0 saturated carbocycles. The molecule has 0 bridgehead atoms. The Balaban J connectivity index is 1.95. The number of aryl methyl sites for hydroxylation is 1. The molecule has 30 heavy (non-hydrogen) atoms. The van der Waals surface area contributed by atoms with E-state index in [9.17, 15) is 4.79 Å². The van der Waals surface area contributed by atoms with E-state index in [-0.39, 0.29) is 5.56 Å². The third-order valence-corrected chi connectivity index (χ3v) is 5.52. The fourth-order valence-electron chi connectivity index (χ4n) is 3.67. The molecular formula is C22H17Cl2N5O. The predicted molar refractivity (Wildman–Crippen MR) is 121 cm³/mol. The summed E-state index contributed by atoms with van der Waals surface area (Å²) in [6.07, 6.45) is 3.46. The van der Waals surface area contributed by atoms with Crippen LogP contribution in [0, 0.1) is 0 Å². The number of hydrogen-bond donors (Lipinski definition) is 0. The first kappa shape index (κ1) is 19.0. The maximum absolute atomic E-state index is 13.4. The molecule has 0 N–H and O–H groups in total. The van der Waals surface area contributed by atoms with E-state index < -0.39 is 0 Å². The van der Waals surface area contributed by atoms with Crippen molar-refractivity contribution in [1.29, 1.82) is 0 Å². The summed E-state index contributed by atoms with van der Waals surface area (Å²) in [6, 6.07) is 12.8. The molecule has 5 rings (SSSR count). The highest BCUT2D eigenvalue weighted by Crippen LogP contribution is 2.30. The summed E-state index contributed by atoms with van der Waals surface area (Å²) in [6.45, 7) is 2.69. The molecule has 0 fully saturated rings. The molecule has 2 aromatic carbocycles. The molecule has 0 aliphatic rings. The van der Waals surface area contributed by atoms with E-state index in [4.69, 9.17) is 33.2 Å². The Labute approximate surface area is 181 Å². The number of nitrogens with zero attached hydrogens (tertiary/aromatic N) is 5. The van der Waals surface area contributed by atoms with Crippen molar-refractivity contribution in [3.05, 3.63) is 69.2 Å². The normalized spacial score (nSPS) is 11.7. The quantitative estimate of drug-likeness (QED) is 0.377. The second kappa shape index (κ2) is 7.38. The standard InChI is InChI=1S/C22H17Cl2N5O/c1-2-3-8-28-12-25-20-18(22(28)30)19-21(27-17-7-5-4-6-16(17)26-19)29(20)15-10-13(23)9-14(24)11-15/h4-7,9-12H,2-3,8H2,1H3. The van der Waals surface area contributed by atoms with E-state index in [1.807, 2.05) is 24.3 Å². The summed E-state index contributed by atoms with van der Waals surface area (Å²) in [7, 11) is 0. The van der Waals surface area contributed by atoms with Crippen molar-refractivity contribution in [3.63, 3.8) is 0 Å². The Morgan fingerprint density at radius 1 is 0.967 bits per heavy atom. The van der Waals surface area contributed by atoms with Gasteiger partial charge in [0.1, 0.15) is 10.9 Å². The van der Waals surface area contributed by atoms with Crippen molar-refractivity contribution in [2.24, 2.45) is 0 Å². The molecule has 0 unspecified atom stereocenters. The van der Waals surface area contributed by atoms with Gasteiger partial charge in [-0.3, -0.25) is 13.9 Å². The van der Waals surface area contributed by atoms with Gasteiger partial charge >= 0.3 is 0 Å². The lowest BCUT2D eigenvalue weighted by Crippen LogP contribution is -2.20. The average molecular weight is 438 g/mol. The number of benzene rings is 2. The van der Waals surface area contributed by atoms with E-state index in [1.54, 1.807) is 33.7 Å². The molecule has 3 aromatic heterocycles.